The molecule has 2 aromatic rings. The van der Waals surface area contributed by atoms with Crippen molar-refractivity contribution < 1.29 is 22.0 Å². The lowest BCUT2D eigenvalue weighted by Gasteiger charge is -2.34. The van der Waals surface area contributed by atoms with E-state index in [4.69, 9.17) is 0 Å². The van der Waals surface area contributed by atoms with Crippen LogP contribution in [0.25, 0.3) is 0 Å². The van der Waals surface area contributed by atoms with Gasteiger partial charge in [-0.1, -0.05) is 23.8 Å². The van der Waals surface area contributed by atoms with Gasteiger partial charge in [0.15, 0.2) is 4.90 Å². The molecule has 1 heterocycles. The lowest BCUT2D eigenvalue weighted by Crippen LogP contribution is -2.50. The zero-order chi connectivity index (χ0) is 19.8. The van der Waals surface area contributed by atoms with Crippen LogP contribution in [-0.2, 0) is 10.0 Å². The summed E-state index contributed by atoms with van der Waals surface area (Å²) in [6.07, 6.45) is 0. The van der Waals surface area contributed by atoms with Crippen LogP contribution in [0.3, 0.4) is 0 Å². The first-order valence-electron chi connectivity index (χ1n) is 8.52. The van der Waals surface area contributed by atoms with E-state index in [1.807, 2.05) is 26.0 Å². The monoisotopic (exact) mass is 394 g/mol. The molecular weight excluding hydrogens is 374 g/mol. The molecule has 3 rings (SSSR count). The van der Waals surface area contributed by atoms with E-state index >= 15 is 0 Å². The lowest BCUT2D eigenvalue weighted by molar-refractivity contribution is 0.0697. The average molecular weight is 394 g/mol. The summed E-state index contributed by atoms with van der Waals surface area (Å²) >= 11 is 0. The summed E-state index contributed by atoms with van der Waals surface area (Å²) in [5.74, 6) is -2.42. The minimum atomic E-state index is -4.31. The number of benzene rings is 2. The molecule has 0 aromatic heterocycles. The van der Waals surface area contributed by atoms with Crippen molar-refractivity contribution in [1.29, 1.82) is 0 Å². The molecule has 8 heteroatoms. The van der Waals surface area contributed by atoms with Gasteiger partial charge in [-0.25, -0.2) is 17.2 Å². The Bertz CT molecular complexity index is 964. The molecule has 5 nitrogen and oxygen atoms in total. The Morgan fingerprint density at radius 3 is 2.11 bits per heavy atom. The quantitative estimate of drug-likeness (QED) is 0.804. The van der Waals surface area contributed by atoms with Crippen molar-refractivity contribution >= 4 is 15.9 Å². The predicted molar refractivity (Wildman–Crippen MR) is 96.9 cm³/mol. The average Bonchev–Trinajstić information content (AvgIpc) is 2.61. The van der Waals surface area contributed by atoms with Crippen molar-refractivity contribution in [1.82, 2.24) is 9.21 Å². The molecule has 0 spiro atoms. The molecule has 144 valence electrons. The standard InChI is InChI=1S/C19H20F2N2O3S/c1-13-6-7-15(14(2)12-13)19(24)22-8-10-23(11-9-22)27(25,26)18-16(20)4-3-5-17(18)21/h3-7,12H,8-11H2,1-2H3. The molecule has 1 amide bonds. The summed E-state index contributed by atoms with van der Waals surface area (Å²) in [6.45, 7) is 4.05. The van der Waals surface area contributed by atoms with Crippen LogP contribution in [0.2, 0.25) is 0 Å². The van der Waals surface area contributed by atoms with Crippen LogP contribution in [0.15, 0.2) is 41.3 Å². The molecule has 2 aromatic carbocycles. The van der Waals surface area contributed by atoms with Gasteiger partial charge in [-0.3, -0.25) is 4.79 Å². The fraction of sp³-hybridized carbons (Fsp3) is 0.316. The van der Waals surface area contributed by atoms with Gasteiger partial charge in [0.25, 0.3) is 5.91 Å². The summed E-state index contributed by atoms with van der Waals surface area (Å²) in [7, 11) is -4.31. The van der Waals surface area contributed by atoms with Crippen molar-refractivity contribution in [2.75, 3.05) is 26.2 Å². The fourth-order valence-corrected chi connectivity index (χ4v) is 4.74. The van der Waals surface area contributed by atoms with Gasteiger partial charge in [-0.15, -0.1) is 0 Å². The van der Waals surface area contributed by atoms with Crippen LogP contribution >= 0.6 is 0 Å². The molecule has 0 saturated carbocycles. The van der Waals surface area contributed by atoms with E-state index in [0.717, 1.165) is 33.6 Å². The number of aryl methyl sites for hydroxylation is 2. The van der Waals surface area contributed by atoms with Crippen molar-refractivity contribution in [2.24, 2.45) is 0 Å². The van der Waals surface area contributed by atoms with Crippen LogP contribution in [0.1, 0.15) is 21.5 Å². The van der Waals surface area contributed by atoms with Gasteiger partial charge in [0, 0.05) is 31.7 Å². The summed E-state index contributed by atoms with van der Waals surface area (Å²) in [4.78, 5) is 13.3. The Labute approximate surface area is 157 Å². The zero-order valence-corrected chi connectivity index (χ0v) is 15.9. The van der Waals surface area contributed by atoms with Gasteiger partial charge >= 0.3 is 0 Å². The molecule has 0 N–H and O–H groups in total. The third kappa shape index (κ3) is 3.72. The zero-order valence-electron chi connectivity index (χ0n) is 15.1. The van der Waals surface area contributed by atoms with E-state index in [9.17, 15) is 22.0 Å². The van der Waals surface area contributed by atoms with Crippen molar-refractivity contribution in [3.8, 4) is 0 Å². The third-order valence-electron chi connectivity index (χ3n) is 4.65. The molecule has 0 unspecified atom stereocenters. The van der Waals surface area contributed by atoms with E-state index in [0.29, 0.717) is 5.56 Å². The number of amides is 1. The van der Waals surface area contributed by atoms with Gasteiger partial charge in [-0.2, -0.15) is 4.31 Å². The number of nitrogens with zero attached hydrogens (tertiary/aromatic N) is 2. The van der Waals surface area contributed by atoms with Crippen molar-refractivity contribution in [3.63, 3.8) is 0 Å². The Balaban J connectivity index is 1.76. The highest BCUT2D eigenvalue weighted by Crippen LogP contribution is 2.24. The molecule has 27 heavy (non-hydrogen) atoms. The summed E-state index contributed by atoms with van der Waals surface area (Å²) in [5, 5.41) is 0. The summed E-state index contributed by atoms with van der Waals surface area (Å²) in [5.41, 5.74) is 2.47. The summed E-state index contributed by atoms with van der Waals surface area (Å²) < 4.78 is 54.0. The third-order valence-corrected chi connectivity index (χ3v) is 6.61. The molecule has 1 fully saturated rings. The van der Waals surface area contributed by atoms with Crippen molar-refractivity contribution in [3.05, 3.63) is 64.7 Å². The second-order valence-electron chi connectivity index (χ2n) is 6.57. The predicted octanol–water partition coefficient (Wildman–Crippen LogP) is 2.73. The maximum atomic E-state index is 13.9. The van der Waals surface area contributed by atoms with Gasteiger partial charge in [0.05, 0.1) is 0 Å². The highest BCUT2D eigenvalue weighted by Gasteiger charge is 2.34. The van der Waals surface area contributed by atoms with Crippen LogP contribution in [-0.4, -0.2) is 49.7 Å². The topological polar surface area (TPSA) is 57.7 Å². The van der Waals surface area contributed by atoms with Gasteiger partial charge in [0.1, 0.15) is 11.6 Å². The Morgan fingerprint density at radius 2 is 1.56 bits per heavy atom. The van der Waals surface area contributed by atoms with Crippen LogP contribution in [0, 0.1) is 25.5 Å². The Morgan fingerprint density at radius 1 is 0.963 bits per heavy atom. The second-order valence-corrected chi connectivity index (χ2v) is 8.44. The van der Waals surface area contributed by atoms with E-state index in [2.05, 4.69) is 0 Å². The van der Waals surface area contributed by atoms with Gasteiger partial charge in [-0.05, 0) is 37.6 Å². The van der Waals surface area contributed by atoms with Crippen molar-refractivity contribution in [2.45, 2.75) is 18.7 Å². The fourth-order valence-electron chi connectivity index (χ4n) is 3.21. The minimum absolute atomic E-state index is 0.0211. The van der Waals surface area contributed by atoms with E-state index < -0.39 is 26.6 Å². The van der Waals surface area contributed by atoms with E-state index in [1.165, 1.54) is 0 Å². The first-order chi connectivity index (χ1) is 12.7. The first-order valence-corrected chi connectivity index (χ1v) is 9.96. The molecule has 0 atom stereocenters. The largest absolute Gasteiger partial charge is 0.336 e. The molecule has 1 aliphatic rings. The minimum Gasteiger partial charge on any atom is -0.336 e. The second kappa shape index (κ2) is 7.36. The number of rotatable bonds is 3. The maximum Gasteiger partial charge on any atom is 0.254 e. The number of carbonyl (C=O) groups is 1. The van der Waals surface area contributed by atoms with E-state index in [1.54, 1.807) is 11.0 Å². The first kappa shape index (κ1) is 19.4. The molecule has 1 aliphatic heterocycles. The molecule has 0 aliphatic carbocycles. The number of halogens is 2. The number of piperazine rings is 1. The number of hydrogen-bond donors (Lipinski definition) is 0. The number of hydrogen-bond acceptors (Lipinski definition) is 3. The van der Waals surface area contributed by atoms with Crippen LogP contribution in [0.5, 0.6) is 0 Å². The maximum absolute atomic E-state index is 13.9. The van der Waals surface area contributed by atoms with Crippen LogP contribution in [0.4, 0.5) is 8.78 Å². The Kier molecular flexibility index (Phi) is 5.30. The van der Waals surface area contributed by atoms with E-state index in [-0.39, 0.29) is 32.1 Å². The molecule has 0 bridgehead atoms. The molecular formula is C19H20F2N2O3S. The highest BCUT2D eigenvalue weighted by molar-refractivity contribution is 7.89. The molecule has 1 saturated heterocycles. The van der Waals surface area contributed by atoms with Crippen LogP contribution < -0.4 is 0 Å². The SMILES string of the molecule is Cc1ccc(C(=O)N2CCN(S(=O)(=O)c3c(F)cccc3F)CC2)c(C)c1. The number of carbonyl (C=O) groups excluding carboxylic acids is 1. The van der Waals surface area contributed by atoms with Gasteiger partial charge in [0.2, 0.25) is 10.0 Å². The normalized spacial score (nSPS) is 15.8. The number of sulfonamides is 1. The molecule has 0 radical (unpaired) electrons. The highest BCUT2D eigenvalue weighted by atomic mass is 32.2. The lowest BCUT2D eigenvalue weighted by atomic mass is 10.0. The Hall–Kier alpha value is -2.32. The smallest absolute Gasteiger partial charge is 0.254 e. The van der Waals surface area contributed by atoms with Gasteiger partial charge < -0.3 is 4.90 Å². The summed E-state index contributed by atoms with van der Waals surface area (Å²) in [6, 6.07) is 8.46.